The van der Waals surface area contributed by atoms with Gasteiger partial charge in [0.1, 0.15) is 16.9 Å². The van der Waals surface area contributed by atoms with Gasteiger partial charge in [0.2, 0.25) is 10.0 Å². The molecule has 1 fully saturated rings. The molecule has 26 heavy (non-hydrogen) atoms. The molecule has 1 atom stereocenters. The first kappa shape index (κ1) is 17.3. The Morgan fingerprint density at radius 1 is 1.12 bits per heavy atom. The SMILES string of the molecule is O=S(=O)(c1cccc2ccccc12)N1CC[C@@H](Oc2ccncc2Cl)C1. The van der Waals surface area contributed by atoms with Crippen LogP contribution in [0.15, 0.2) is 65.8 Å². The monoisotopic (exact) mass is 388 g/mol. The van der Waals surface area contributed by atoms with Gasteiger partial charge in [-0.1, -0.05) is 48.0 Å². The van der Waals surface area contributed by atoms with Crippen molar-refractivity contribution in [1.29, 1.82) is 0 Å². The van der Waals surface area contributed by atoms with Crippen molar-refractivity contribution in [3.05, 3.63) is 65.9 Å². The van der Waals surface area contributed by atoms with Crippen LogP contribution >= 0.6 is 11.6 Å². The topological polar surface area (TPSA) is 59.5 Å². The molecule has 0 saturated carbocycles. The van der Waals surface area contributed by atoms with Gasteiger partial charge < -0.3 is 4.74 Å². The van der Waals surface area contributed by atoms with E-state index >= 15 is 0 Å². The van der Waals surface area contributed by atoms with Crippen molar-refractivity contribution in [1.82, 2.24) is 9.29 Å². The van der Waals surface area contributed by atoms with E-state index in [9.17, 15) is 8.42 Å². The van der Waals surface area contributed by atoms with E-state index in [1.807, 2.05) is 30.3 Å². The number of benzene rings is 2. The normalized spacial score (nSPS) is 18.3. The smallest absolute Gasteiger partial charge is 0.243 e. The van der Waals surface area contributed by atoms with E-state index in [0.717, 1.165) is 10.8 Å². The molecule has 2 aromatic carbocycles. The van der Waals surface area contributed by atoms with Crippen molar-refractivity contribution in [2.75, 3.05) is 13.1 Å². The fourth-order valence-corrected chi connectivity index (χ4v) is 5.07. The molecule has 0 amide bonds. The van der Waals surface area contributed by atoms with Gasteiger partial charge in [0, 0.05) is 30.4 Å². The first-order chi connectivity index (χ1) is 12.6. The predicted molar refractivity (Wildman–Crippen MR) is 101 cm³/mol. The first-order valence-electron chi connectivity index (χ1n) is 8.30. The van der Waals surface area contributed by atoms with Crippen LogP contribution in [0.2, 0.25) is 5.02 Å². The van der Waals surface area contributed by atoms with Crippen LogP contribution < -0.4 is 4.74 Å². The van der Waals surface area contributed by atoms with Crippen LogP contribution in [0.3, 0.4) is 0 Å². The maximum absolute atomic E-state index is 13.1. The predicted octanol–water partition coefficient (Wildman–Crippen LogP) is 3.73. The number of sulfonamides is 1. The molecule has 4 rings (SSSR count). The maximum atomic E-state index is 13.1. The number of hydrogen-bond donors (Lipinski definition) is 0. The molecule has 2 heterocycles. The lowest BCUT2D eigenvalue weighted by atomic mass is 10.1. The molecule has 0 N–H and O–H groups in total. The Hall–Kier alpha value is -2.15. The second kappa shape index (κ2) is 6.87. The fraction of sp³-hybridized carbons (Fsp3) is 0.211. The average molecular weight is 389 g/mol. The fourth-order valence-electron chi connectivity index (χ4n) is 3.21. The lowest BCUT2D eigenvalue weighted by Crippen LogP contribution is -2.31. The Labute approximate surface area is 157 Å². The van der Waals surface area contributed by atoms with Crippen molar-refractivity contribution >= 4 is 32.4 Å². The van der Waals surface area contributed by atoms with Gasteiger partial charge in [-0.3, -0.25) is 4.98 Å². The summed E-state index contributed by atoms with van der Waals surface area (Å²) in [5, 5.41) is 2.06. The standard InChI is InChI=1S/C19H17ClN2O3S/c20-17-12-21-10-8-18(17)25-15-9-11-22(13-15)26(23,24)19-7-3-5-14-4-1-2-6-16(14)19/h1-8,10,12,15H,9,11,13H2/t15-/m1/s1. The zero-order valence-electron chi connectivity index (χ0n) is 13.9. The van der Waals surface area contributed by atoms with E-state index in [-0.39, 0.29) is 6.10 Å². The molecular formula is C19H17ClN2O3S. The minimum atomic E-state index is -3.59. The molecular weight excluding hydrogens is 372 g/mol. The van der Waals surface area contributed by atoms with E-state index in [2.05, 4.69) is 4.98 Å². The highest BCUT2D eigenvalue weighted by Crippen LogP contribution is 2.30. The summed E-state index contributed by atoms with van der Waals surface area (Å²) in [5.41, 5.74) is 0. The number of rotatable bonds is 4. The molecule has 1 aromatic heterocycles. The van der Waals surface area contributed by atoms with Crippen LogP contribution in [-0.2, 0) is 10.0 Å². The lowest BCUT2D eigenvalue weighted by molar-refractivity contribution is 0.215. The van der Waals surface area contributed by atoms with E-state index in [1.54, 1.807) is 24.4 Å². The summed E-state index contributed by atoms with van der Waals surface area (Å²) < 4.78 is 33.7. The third-order valence-corrected chi connectivity index (χ3v) is 6.71. The summed E-state index contributed by atoms with van der Waals surface area (Å²) in [5.74, 6) is 0.524. The van der Waals surface area contributed by atoms with E-state index < -0.39 is 10.0 Å². The summed E-state index contributed by atoms with van der Waals surface area (Å²) in [6.07, 6.45) is 3.49. The van der Waals surface area contributed by atoms with Crippen molar-refractivity contribution in [2.24, 2.45) is 0 Å². The molecule has 1 aliphatic heterocycles. The van der Waals surface area contributed by atoms with Crippen LogP contribution in [0.4, 0.5) is 0 Å². The van der Waals surface area contributed by atoms with Gasteiger partial charge >= 0.3 is 0 Å². The molecule has 0 aliphatic carbocycles. The van der Waals surface area contributed by atoms with Gasteiger partial charge in [-0.25, -0.2) is 8.42 Å². The summed E-state index contributed by atoms with van der Waals surface area (Å²) in [6, 6.07) is 14.5. The highest BCUT2D eigenvalue weighted by Gasteiger charge is 2.34. The van der Waals surface area contributed by atoms with Crippen molar-refractivity contribution in [3.8, 4) is 5.75 Å². The molecule has 5 nitrogen and oxygen atoms in total. The number of ether oxygens (including phenoxy) is 1. The number of fused-ring (bicyclic) bond motifs is 1. The molecule has 0 spiro atoms. The quantitative estimate of drug-likeness (QED) is 0.683. The van der Waals surface area contributed by atoms with Gasteiger partial charge in [0.05, 0.1) is 11.4 Å². The Bertz CT molecular complexity index is 1050. The Kier molecular flexibility index (Phi) is 4.56. The maximum Gasteiger partial charge on any atom is 0.243 e. The number of hydrogen-bond acceptors (Lipinski definition) is 4. The van der Waals surface area contributed by atoms with Crippen LogP contribution in [0.1, 0.15) is 6.42 Å². The third kappa shape index (κ3) is 3.16. The summed E-state index contributed by atoms with van der Waals surface area (Å²) >= 11 is 6.07. The molecule has 3 aromatic rings. The van der Waals surface area contributed by atoms with Gasteiger partial charge in [-0.05, 0) is 17.9 Å². The second-order valence-electron chi connectivity index (χ2n) is 6.17. The Morgan fingerprint density at radius 3 is 2.77 bits per heavy atom. The van der Waals surface area contributed by atoms with E-state index in [1.165, 1.54) is 10.5 Å². The average Bonchev–Trinajstić information content (AvgIpc) is 3.12. The van der Waals surface area contributed by atoms with Gasteiger partial charge in [0.25, 0.3) is 0 Å². The van der Waals surface area contributed by atoms with Crippen molar-refractivity contribution in [3.63, 3.8) is 0 Å². The number of pyridine rings is 1. The Balaban J connectivity index is 1.59. The number of aromatic nitrogens is 1. The highest BCUT2D eigenvalue weighted by molar-refractivity contribution is 7.89. The van der Waals surface area contributed by atoms with Gasteiger partial charge in [-0.15, -0.1) is 0 Å². The van der Waals surface area contributed by atoms with Crippen LogP contribution in [0.5, 0.6) is 5.75 Å². The largest absolute Gasteiger partial charge is 0.487 e. The molecule has 7 heteroatoms. The van der Waals surface area contributed by atoms with E-state index in [4.69, 9.17) is 16.3 Å². The number of halogens is 1. The zero-order valence-corrected chi connectivity index (χ0v) is 15.4. The van der Waals surface area contributed by atoms with Gasteiger partial charge in [-0.2, -0.15) is 4.31 Å². The molecule has 134 valence electrons. The third-order valence-electron chi connectivity index (χ3n) is 4.50. The molecule has 1 aliphatic rings. The minimum absolute atomic E-state index is 0.236. The first-order valence-corrected chi connectivity index (χ1v) is 10.1. The summed E-state index contributed by atoms with van der Waals surface area (Å²) in [4.78, 5) is 4.26. The minimum Gasteiger partial charge on any atom is -0.487 e. The van der Waals surface area contributed by atoms with Crippen molar-refractivity contribution < 1.29 is 13.2 Å². The zero-order chi connectivity index (χ0) is 18.1. The summed E-state index contributed by atoms with van der Waals surface area (Å²) in [6.45, 7) is 0.711. The van der Waals surface area contributed by atoms with Crippen LogP contribution in [0, 0.1) is 0 Å². The molecule has 0 radical (unpaired) electrons. The van der Waals surface area contributed by atoms with Crippen LogP contribution in [0.25, 0.3) is 10.8 Å². The van der Waals surface area contributed by atoms with Crippen LogP contribution in [-0.4, -0.2) is 36.9 Å². The van der Waals surface area contributed by atoms with Crippen molar-refractivity contribution in [2.45, 2.75) is 17.4 Å². The van der Waals surface area contributed by atoms with Gasteiger partial charge in [0.15, 0.2) is 0 Å². The highest BCUT2D eigenvalue weighted by atomic mass is 35.5. The Morgan fingerprint density at radius 2 is 1.92 bits per heavy atom. The van der Waals surface area contributed by atoms with E-state index in [0.29, 0.717) is 35.2 Å². The second-order valence-corrected chi connectivity index (χ2v) is 8.49. The molecule has 0 bridgehead atoms. The number of nitrogens with zero attached hydrogens (tertiary/aromatic N) is 2. The summed E-state index contributed by atoms with van der Waals surface area (Å²) in [7, 11) is -3.59. The molecule has 0 unspecified atom stereocenters. The molecule has 1 saturated heterocycles. The lowest BCUT2D eigenvalue weighted by Gasteiger charge is -2.18.